The molecular formula is C18H23NO3. The van der Waals surface area contributed by atoms with Gasteiger partial charge < -0.3 is 10.0 Å². The number of carboxylic acids is 1. The number of carboxylic acid groups (broad SMARTS) is 1. The summed E-state index contributed by atoms with van der Waals surface area (Å²) < 4.78 is 0. The molecule has 0 radical (unpaired) electrons. The number of amides is 1. The average molecular weight is 301 g/mol. The van der Waals surface area contributed by atoms with Gasteiger partial charge in [0.2, 0.25) is 5.91 Å². The van der Waals surface area contributed by atoms with Crippen LogP contribution < -0.4 is 0 Å². The van der Waals surface area contributed by atoms with E-state index < -0.39 is 5.97 Å². The molecule has 1 saturated carbocycles. The van der Waals surface area contributed by atoms with Gasteiger partial charge in [0.25, 0.3) is 0 Å². The minimum absolute atomic E-state index is 0.0147. The van der Waals surface area contributed by atoms with Gasteiger partial charge in [0.05, 0.1) is 5.92 Å². The number of carbonyl (C=O) groups is 2. The second kappa shape index (κ2) is 6.51. The Bertz CT molecular complexity index is 561. The number of rotatable bonds is 2. The van der Waals surface area contributed by atoms with Crippen molar-refractivity contribution in [2.24, 2.45) is 11.8 Å². The molecule has 0 spiro atoms. The number of benzene rings is 1. The van der Waals surface area contributed by atoms with Crippen LogP contribution in [-0.2, 0) is 22.6 Å². The monoisotopic (exact) mass is 301 g/mol. The topological polar surface area (TPSA) is 57.6 Å². The van der Waals surface area contributed by atoms with Crippen molar-refractivity contribution in [1.29, 1.82) is 0 Å². The molecule has 1 aromatic carbocycles. The molecule has 1 N–H and O–H groups in total. The summed E-state index contributed by atoms with van der Waals surface area (Å²) in [5, 5.41) is 9.06. The van der Waals surface area contributed by atoms with Crippen molar-refractivity contribution in [3.05, 3.63) is 35.4 Å². The van der Waals surface area contributed by atoms with Crippen LogP contribution in [0.25, 0.3) is 0 Å². The molecule has 118 valence electrons. The largest absolute Gasteiger partial charge is 0.481 e. The summed E-state index contributed by atoms with van der Waals surface area (Å²) in [6.45, 7) is 1.51. The first-order valence-electron chi connectivity index (χ1n) is 8.23. The smallest absolute Gasteiger partial charge is 0.306 e. The van der Waals surface area contributed by atoms with Crippen molar-refractivity contribution >= 4 is 11.9 Å². The zero-order valence-electron chi connectivity index (χ0n) is 12.8. The van der Waals surface area contributed by atoms with Crippen LogP contribution in [0, 0.1) is 11.8 Å². The van der Waals surface area contributed by atoms with Crippen LogP contribution in [0.5, 0.6) is 0 Å². The van der Waals surface area contributed by atoms with E-state index in [1.165, 1.54) is 11.1 Å². The summed E-state index contributed by atoms with van der Waals surface area (Å²) in [4.78, 5) is 25.8. The Labute approximate surface area is 131 Å². The van der Waals surface area contributed by atoms with Gasteiger partial charge in [-0.2, -0.15) is 0 Å². The molecule has 1 heterocycles. The minimum Gasteiger partial charge on any atom is -0.481 e. The maximum absolute atomic E-state index is 12.8. The Morgan fingerprint density at radius 1 is 1.00 bits per heavy atom. The number of nitrogens with zero attached hydrogens (tertiary/aromatic N) is 1. The van der Waals surface area contributed by atoms with E-state index >= 15 is 0 Å². The van der Waals surface area contributed by atoms with Crippen LogP contribution in [0.15, 0.2) is 24.3 Å². The van der Waals surface area contributed by atoms with Gasteiger partial charge in [0.1, 0.15) is 0 Å². The first-order valence-corrected chi connectivity index (χ1v) is 8.23. The highest BCUT2D eigenvalue weighted by atomic mass is 16.4. The van der Waals surface area contributed by atoms with E-state index in [2.05, 4.69) is 18.2 Å². The Hall–Kier alpha value is -1.84. The van der Waals surface area contributed by atoms with E-state index in [0.29, 0.717) is 32.2 Å². The highest BCUT2D eigenvalue weighted by molar-refractivity contribution is 5.79. The first-order chi connectivity index (χ1) is 10.6. The van der Waals surface area contributed by atoms with Crippen molar-refractivity contribution in [2.45, 2.75) is 45.1 Å². The van der Waals surface area contributed by atoms with E-state index in [0.717, 1.165) is 19.4 Å². The maximum Gasteiger partial charge on any atom is 0.306 e. The lowest BCUT2D eigenvalue weighted by Gasteiger charge is -2.30. The van der Waals surface area contributed by atoms with Crippen LogP contribution in [0.4, 0.5) is 0 Å². The number of hydrogen-bond acceptors (Lipinski definition) is 2. The Kier molecular flexibility index (Phi) is 4.46. The van der Waals surface area contributed by atoms with Crippen molar-refractivity contribution in [1.82, 2.24) is 4.90 Å². The predicted molar refractivity (Wildman–Crippen MR) is 83.3 cm³/mol. The van der Waals surface area contributed by atoms with Gasteiger partial charge in [-0.1, -0.05) is 24.3 Å². The summed E-state index contributed by atoms with van der Waals surface area (Å²) >= 11 is 0. The van der Waals surface area contributed by atoms with E-state index in [1.807, 2.05) is 11.0 Å². The molecule has 1 aliphatic carbocycles. The normalized spacial score (nSPS) is 25.2. The molecule has 1 aliphatic heterocycles. The molecule has 0 saturated heterocycles. The van der Waals surface area contributed by atoms with Gasteiger partial charge in [0, 0.05) is 19.0 Å². The highest BCUT2D eigenvalue weighted by Crippen LogP contribution is 2.31. The van der Waals surface area contributed by atoms with Crippen molar-refractivity contribution in [3.8, 4) is 0 Å². The molecule has 4 heteroatoms. The van der Waals surface area contributed by atoms with E-state index in [1.54, 1.807) is 0 Å². The SMILES string of the molecule is O=C(O)C1CCC(C(=O)N2CCCc3ccccc3C2)CC1. The van der Waals surface area contributed by atoms with Gasteiger partial charge in [-0.3, -0.25) is 9.59 Å². The molecule has 22 heavy (non-hydrogen) atoms. The van der Waals surface area contributed by atoms with Gasteiger partial charge >= 0.3 is 5.97 Å². The van der Waals surface area contributed by atoms with E-state index in [4.69, 9.17) is 5.11 Å². The summed E-state index contributed by atoms with van der Waals surface area (Å²) in [6.07, 6.45) is 4.74. The van der Waals surface area contributed by atoms with Crippen LogP contribution in [0.2, 0.25) is 0 Å². The van der Waals surface area contributed by atoms with Crippen LogP contribution in [-0.4, -0.2) is 28.4 Å². The lowest BCUT2D eigenvalue weighted by Crippen LogP contribution is -2.38. The summed E-state index contributed by atoms with van der Waals surface area (Å²) in [5.74, 6) is -0.732. The quantitative estimate of drug-likeness (QED) is 0.914. The number of aliphatic carboxylic acids is 1. The molecule has 3 rings (SSSR count). The summed E-state index contributed by atoms with van der Waals surface area (Å²) in [5.41, 5.74) is 2.61. The summed E-state index contributed by atoms with van der Waals surface area (Å²) in [6, 6.07) is 8.36. The van der Waals surface area contributed by atoms with E-state index in [-0.39, 0.29) is 17.7 Å². The van der Waals surface area contributed by atoms with Gasteiger partial charge in [0.15, 0.2) is 0 Å². The zero-order chi connectivity index (χ0) is 15.5. The van der Waals surface area contributed by atoms with Crippen LogP contribution in [0.1, 0.15) is 43.2 Å². The minimum atomic E-state index is -0.713. The standard InChI is InChI=1S/C18H23NO3/c20-17(14-7-9-15(10-8-14)18(21)22)19-11-3-6-13-4-1-2-5-16(13)12-19/h1-2,4-5,14-15H,3,6-12H2,(H,21,22). The number of aryl methyl sites for hydroxylation is 1. The fourth-order valence-corrected chi connectivity index (χ4v) is 3.73. The molecule has 1 fully saturated rings. The van der Waals surface area contributed by atoms with E-state index in [9.17, 15) is 9.59 Å². The van der Waals surface area contributed by atoms with Crippen LogP contribution >= 0.6 is 0 Å². The number of fused-ring (bicyclic) bond motifs is 1. The maximum atomic E-state index is 12.8. The zero-order valence-corrected chi connectivity index (χ0v) is 12.8. The average Bonchev–Trinajstić information content (AvgIpc) is 2.76. The molecule has 0 bridgehead atoms. The molecule has 1 aromatic rings. The third kappa shape index (κ3) is 3.16. The van der Waals surface area contributed by atoms with Crippen molar-refractivity contribution < 1.29 is 14.7 Å². The lowest BCUT2D eigenvalue weighted by atomic mass is 9.81. The predicted octanol–water partition coefficient (Wildman–Crippen LogP) is 2.85. The third-order valence-electron chi connectivity index (χ3n) is 5.09. The molecule has 1 amide bonds. The van der Waals surface area contributed by atoms with Gasteiger partial charge in [-0.15, -0.1) is 0 Å². The van der Waals surface area contributed by atoms with Gasteiger partial charge in [-0.25, -0.2) is 0 Å². The fourth-order valence-electron chi connectivity index (χ4n) is 3.73. The Morgan fingerprint density at radius 3 is 2.32 bits per heavy atom. The molecule has 0 atom stereocenters. The molecule has 0 unspecified atom stereocenters. The molecular weight excluding hydrogens is 278 g/mol. The van der Waals surface area contributed by atoms with Crippen LogP contribution in [0.3, 0.4) is 0 Å². The third-order valence-corrected chi connectivity index (χ3v) is 5.09. The fraction of sp³-hybridized carbons (Fsp3) is 0.556. The Balaban J connectivity index is 1.65. The van der Waals surface area contributed by atoms with Gasteiger partial charge in [-0.05, 0) is 49.7 Å². The molecule has 4 nitrogen and oxygen atoms in total. The Morgan fingerprint density at radius 2 is 1.64 bits per heavy atom. The highest BCUT2D eigenvalue weighted by Gasteiger charge is 2.32. The first kappa shape index (κ1) is 15.1. The number of carbonyl (C=O) groups excluding carboxylic acids is 1. The summed E-state index contributed by atoms with van der Waals surface area (Å²) in [7, 11) is 0. The second-order valence-electron chi connectivity index (χ2n) is 6.52. The number of hydrogen-bond donors (Lipinski definition) is 1. The second-order valence-corrected chi connectivity index (χ2v) is 6.52. The lowest BCUT2D eigenvalue weighted by molar-refractivity contribution is -0.145. The van der Waals surface area contributed by atoms with Crippen molar-refractivity contribution in [3.63, 3.8) is 0 Å². The molecule has 0 aromatic heterocycles. The molecule has 2 aliphatic rings. The van der Waals surface area contributed by atoms with Crippen molar-refractivity contribution in [2.75, 3.05) is 6.54 Å².